The topological polar surface area (TPSA) is 65.2 Å². The summed E-state index contributed by atoms with van der Waals surface area (Å²) in [6.07, 6.45) is -1.58. The van der Waals surface area contributed by atoms with Crippen LogP contribution in [-0.2, 0) is 22.5 Å². The lowest BCUT2D eigenvalue weighted by atomic mass is 10.1. The van der Waals surface area contributed by atoms with Crippen molar-refractivity contribution < 1.29 is 18.3 Å². The fourth-order valence-electron chi connectivity index (χ4n) is 1.31. The minimum atomic E-state index is -2.72. The molecule has 7 heteroatoms. The number of halogens is 3. The number of nitrogens with zero attached hydrogens (tertiary/aromatic N) is 1. The number of esters is 1. The third-order valence-corrected chi connectivity index (χ3v) is 3.10. The van der Waals surface area contributed by atoms with Crippen LogP contribution in [0.1, 0.15) is 23.2 Å². The molecule has 1 aromatic rings. The van der Waals surface area contributed by atoms with Crippen molar-refractivity contribution in [1.29, 1.82) is 0 Å². The summed E-state index contributed by atoms with van der Waals surface area (Å²) in [5, 5.41) is 0. The predicted molar refractivity (Wildman–Crippen MR) is 60.5 cm³/mol. The SMILES string of the molecule is COC(=O)Cc1c(CN)cnc(C(F)F)c1Br. The fourth-order valence-corrected chi connectivity index (χ4v) is 1.98. The zero-order chi connectivity index (χ0) is 13.0. The fraction of sp³-hybridized carbons (Fsp3) is 0.400. The first-order valence-corrected chi connectivity index (χ1v) is 5.51. The van der Waals surface area contributed by atoms with E-state index >= 15 is 0 Å². The molecule has 1 heterocycles. The number of aromatic nitrogens is 1. The van der Waals surface area contributed by atoms with Crippen molar-refractivity contribution in [2.24, 2.45) is 5.73 Å². The molecular weight excluding hydrogens is 298 g/mol. The summed E-state index contributed by atoms with van der Waals surface area (Å²) >= 11 is 3.03. The first kappa shape index (κ1) is 14.0. The van der Waals surface area contributed by atoms with Crippen molar-refractivity contribution in [3.63, 3.8) is 0 Å². The Labute approximate surface area is 105 Å². The molecule has 0 saturated carbocycles. The summed E-state index contributed by atoms with van der Waals surface area (Å²) in [5.41, 5.74) is 5.99. The number of nitrogens with two attached hydrogens (primary N) is 1. The van der Waals surface area contributed by atoms with Crippen molar-refractivity contribution in [3.05, 3.63) is 27.5 Å². The van der Waals surface area contributed by atoms with Gasteiger partial charge in [-0.2, -0.15) is 0 Å². The van der Waals surface area contributed by atoms with Crippen LogP contribution in [0, 0.1) is 0 Å². The summed E-state index contributed by atoms with van der Waals surface area (Å²) in [6.45, 7) is 0.113. The molecule has 94 valence electrons. The van der Waals surface area contributed by atoms with Crippen LogP contribution in [0.25, 0.3) is 0 Å². The van der Waals surface area contributed by atoms with Crippen molar-refractivity contribution in [3.8, 4) is 0 Å². The molecular formula is C10H11BrF2N2O2. The first-order chi connectivity index (χ1) is 8.01. The Kier molecular flexibility index (Phi) is 4.95. The molecule has 2 N–H and O–H groups in total. The third kappa shape index (κ3) is 3.19. The molecule has 0 saturated heterocycles. The number of carbonyl (C=O) groups is 1. The Morgan fingerprint density at radius 2 is 2.29 bits per heavy atom. The minimum Gasteiger partial charge on any atom is -0.469 e. The molecule has 0 spiro atoms. The second kappa shape index (κ2) is 6.02. The van der Waals surface area contributed by atoms with Crippen LogP contribution in [-0.4, -0.2) is 18.1 Å². The lowest BCUT2D eigenvalue weighted by molar-refractivity contribution is -0.139. The maximum absolute atomic E-state index is 12.6. The average molecular weight is 309 g/mol. The highest BCUT2D eigenvalue weighted by molar-refractivity contribution is 9.10. The molecule has 0 aliphatic rings. The van der Waals surface area contributed by atoms with Crippen LogP contribution < -0.4 is 5.73 Å². The Hall–Kier alpha value is -1.08. The summed E-state index contributed by atoms with van der Waals surface area (Å²) in [6, 6.07) is 0. The van der Waals surface area contributed by atoms with E-state index < -0.39 is 18.1 Å². The Balaban J connectivity index is 3.22. The number of rotatable bonds is 4. The summed E-state index contributed by atoms with van der Waals surface area (Å²) in [7, 11) is 1.23. The predicted octanol–water partition coefficient (Wildman–Crippen LogP) is 1.96. The van der Waals surface area contributed by atoms with E-state index in [9.17, 15) is 13.6 Å². The quantitative estimate of drug-likeness (QED) is 0.864. The molecule has 0 radical (unpaired) electrons. The summed E-state index contributed by atoms with van der Waals surface area (Å²) in [4.78, 5) is 14.8. The van der Waals surface area contributed by atoms with Gasteiger partial charge < -0.3 is 10.5 Å². The van der Waals surface area contributed by atoms with E-state index in [-0.39, 0.29) is 17.4 Å². The van der Waals surface area contributed by atoms with Gasteiger partial charge in [-0.3, -0.25) is 9.78 Å². The van der Waals surface area contributed by atoms with E-state index in [0.717, 1.165) is 0 Å². The molecule has 0 fully saturated rings. The molecule has 0 bridgehead atoms. The number of hydrogen-bond donors (Lipinski definition) is 1. The molecule has 0 unspecified atom stereocenters. The van der Waals surface area contributed by atoms with Gasteiger partial charge in [0, 0.05) is 17.2 Å². The smallest absolute Gasteiger partial charge is 0.310 e. The van der Waals surface area contributed by atoms with Crippen LogP contribution in [0.2, 0.25) is 0 Å². The van der Waals surface area contributed by atoms with Gasteiger partial charge in [-0.25, -0.2) is 8.78 Å². The lowest BCUT2D eigenvalue weighted by Crippen LogP contribution is -2.12. The van der Waals surface area contributed by atoms with Gasteiger partial charge in [-0.05, 0) is 27.1 Å². The van der Waals surface area contributed by atoms with Gasteiger partial charge in [0.1, 0.15) is 5.69 Å². The largest absolute Gasteiger partial charge is 0.469 e. The van der Waals surface area contributed by atoms with Gasteiger partial charge in [-0.1, -0.05) is 0 Å². The van der Waals surface area contributed by atoms with Crippen LogP contribution in [0.4, 0.5) is 8.78 Å². The van der Waals surface area contributed by atoms with Crippen molar-refractivity contribution >= 4 is 21.9 Å². The molecule has 0 aliphatic heterocycles. The van der Waals surface area contributed by atoms with Crippen LogP contribution in [0.5, 0.6) is 0 Å². The number of alkyl halides is 2. The van der Waals surface area contributed by atoms with Gasteiger partial charge in [0.05, 0.1) is 13.5 Å². The number of carbonyl (C=O) groups excluding carboxylic acids is 1. The molecule has 0 atom stereocenters. The van der Waals surface area contributed by atoms with E-state index in [2.05, 4.69) is 25.7 Å². The van der Waals surface area contributed by atoms with E-state index in [1.807, 2.05) is 0 Å². The van der Waals surface area contributed by atoms with Crippen molar-refractivity contribution in [2.75, 3.05) is 7.11 Å². The van der Waals surface area contributed by atoms with E-state index in [1.165, 1.54) is 13.3 Å². The number of pyridine rings is 1. The molecule has 0 aliphatic carbocycles. The van der Waals surface area contributed by atoms with Gasteiger partial charge in [0.15, 0.2) is 0 Å². The molecule has 17 heavy (non-hydrogen) atoms. The second-order valence-electron chi connectivity index (χ2n) is 3.22. The standard InChI is InChI=1S/C10H11BrF2N2O2/c1-17-7(16)2-6-5(3-14)4-15-9(8(6)11)10(12)13/h4,10H,2-3,14H2,1H3. The Bertz CT molecular complexity index is 427. The first-order valence-electron chi connectivity index (χ1n) is 4.72. The Morgan fingerprint density at radius 1 is 1.65 bits per heavy atom. The highest BCUT2D eigenvalue weighted by atomic mass is 79.9. The monoisotopic (exact) mass is 308 g/mol. The highest BCUT2D eigenvalue weighted by Crippen LogP contribution is 2.30. The van der Waals surface area contributed by atoms with Crippen molar-refractivity contribution in [2.45, 2.75) is 19.4 Å². The van der Waals surface area contributed by atoms with E-state index in [4.69, 9.17) is 5.73 Å². The van der Waals surface area contributed by atoms with Crippen LogP contribution in [0.15, 0.2) is 10.7 Å². The van der Waals surface area contributed by atoms with Crippen LogP contribution in [0.3, 0.4) is 0 Å². The third-order valence-electron chi connectivity index (χ3n) is 2.21. The Morgan fingerprint density at radius 3 is 2.76 bits per heavy atom. The molecule has 0 aromatic carbocycles. The maximum atomic E-state index is 12.6. The van der Waals surface area contributed by atoms with E-state index in [1.54, 1.807) is 0 Å². The summed E-state index contributed by atoms with van der Waals surface area (Å²) < 4.78 is 29.9. The van der Waals surface area contributed by atoms with E-state index in [0.29, 0.717) is 11.1 Å². The van der Waals surface area contributed by atoms with Crippen LogP contribution >= 0.6 is 15.9 Å². The zero-order valence-electron chi connectivity index (χ0n) is 9.04. The molecule has 4 nitrogen and oxygen atoms in total. The molecule has 1 aromatic heterocycles. The van der Waals surface area contributed by atoms with Gasteiger partial charge >= 0.3 is 5.97 Å². The van der Waals surface area contributed by atoms with Gasteiger partial charge in [-0.15, -0.1) is 0 Å². The van der Waals surface area contributed by atoms with Gasteiger partial charge in [0.25, 0.3) is 6.43 Å². The average Bonchev–Trinajstić information content (AvgIpc) is 2.30. The normalized spacial score (nSPS) is 10.7. The highest BCUT2D eigenvalue weighted by Gasteiger charge is 2.20. The molecule has 0 amide bonds. The second-order valence-corrected chi connectivity index (χ2v) is 4.01. The zero-order valence-corrected chi connectivity index (χ0v) is 10.6. The number of methoxy groups -OCH3 is 1. The summed E-state index contributed by atoms with van der Waals surface area (Å²) in [5.74, 6) is -0.521. The minimum absolute atomic E-state index is 0.112. The van der Waals surface area contributed by atoms with Gasteiger partial charge in [0.2, 0.25) is 0 Å². The number of hydrogen-bond acceptors (Lipinski definition) is 4. The molecule has 1 rings (SSSR count). The number of ether oxygens (including phenoxy) is 1. The maximum Gasteiger partial charge on any atom is 0.310 e. The lowest BCUT2D eigenvalue weighted by Gasteiger charge is -2.12. The van der Waals surface area contributed by atoms with Crippen molar-refractivity contribution in [1.82, 2.24) is 4.98 Å².